The van der Waals surface area contributed by atoms with Gasteiger partial charge in [-0.3, -0.25) is 0 Å². The van der Waals surface area contributed by atoms with Crippen LogP contribution >= 0.6 is 0 Å². The zero-order valence-corrected chi connectivity index (χ0v) is 38.5. The fourth-order valence-electron chi connectivity index (χ4n) is 8.09. The van der Waals surface area contributed by atoms with Crippen LogP contribution in [0.2, 0.25) is 0 Å². The Labute approximate surface area is 430 Å². The van der Waals surface area contributed by atoms with Crippen molar-refractivity contribution in [2.24, 2.45) is 0 Å². The lowest BCUT2D eigenvalue weighted by atomic mass is 9.73. The molecule has 0 radical (unpaired) electrons. The fraction of sp³-hybridized carbons (Fsp3) is 0.115. The Kier molecular flexibility index (Phi) is 15.5. The van der Waals surface area contributed by atoms with E-state index in [4.69, 9.17) is 18.9 Å². The lowest BCUT2D eigenvalue weighted by Crippen LogP contribution is -2.54. The monoisotopic (exact) mass is 1170 g/mol. The summed E-state index contributed by atoms with van der Waals surface area (Å²) in [6.45, 7) is 5.99. The molecule has 0 bridgehead atoms. The van der Waals surface area contributed by atoms with Gasteiger partial charge >= 0.3 is 24.7 Å². The Morgan fingerprint density at radius 1 is 0.250 bits per heavy atom. The molecule has 0 saturated carbocycles. The van der Waals surface area contributed by atoms with Crippen LogP contribution < -0.4 is 18.9 Å². The number of rotatable bonds is 14. The zero-order chi connectivity index (χ0) is 59.6. The van der Waals surface area contributed by atoms with Crippen LogP contribution in [0.1, 0.15) is 33.4 Å². The Hall–Kier alpha value is -8.46. The zero-order valence-electron chi connectivity index (χ0n) is 38.5. The average molecular weight is 1170 g/mol. The lowest BCUT2D eigenvalue weighted by Gasteiger charge is -2.38. The highest BCUT2D eigenvalue weighted by Gasteiger charge is 2.73. The molecule has 0 unspecified atom stereocenters. The third-order valence-corrected chi connectivity index (χ3v) is 11.8. The average Bonchev–Trinajstić information content (AvgIpc) is 3.59. The van der Waals surface area contributed by atoms with Crippen molar-refractivity contribution in [2.45, 2.75) is 35.5 Å². The largest absolute Gasteiger partial charge is 0.451 e. The molecule has 80 heavy (non-hydrogen) atoms. The maximum atomic E-state index is 15.9. The molecule has 0 aromatic heterocycles. The van der Waals surface area contributed by atoms with E-state index in [0.717, 1.165) is 0 Å². The van der Waals surface area contributed by atoms with Gasteiger partial charge in [-0.15, -0.1) is 0 Å². The van der Waals surface area contributed by atoms with Crippen LogP contribution in [0, 0.1) is 69.8 Å². The second kappa shape index (κ2) is 21.0. The van der Waals surface area contributed by atoms with Crippen molar-refractivity contribution in [3.05, 3.63) is 213 Å². The van der Waals surface area contributed by atoms with E-state index < -0.39 is 185 Å². The maximum absolute atomic E-state index is 15.9. The van der Waals surface area contributed by atoms with Gasteiger partial charge in [0.25, 0.3) is 0 Å². The van der Waals surface area contributed by atoms with E-state index in [0.29, 0.717) is 36.4 Å². The van der Waals surface area contributed by atoms with E-state index in [1.807, 2.05) is 0 Å². The minimum Gasteiger partial charge on any atom is -0.451 e. The molecule has 0 spiro atoms. The van der Waals surface area contributed by atoms with Gasteiger partial charge in [-0.05, 0) is 70.8 Å². The normalized spacial score (nSPS) is 12.6. The topological polar surface area (TPSA) is 36.9 Å². The lowest BCUT2D eigenvalue weighted by molar-refractivity contribution is -0.290. The summed E-state index contributed by atoms with van der Waals surface area (Å²) in [5, 5.41) is 0. The van der Waals surface area contributed by atoms with E-state index in [2.05, 4.69) is 13.2 Å². The minimum absolute atomic E-state index is 0.0275. The molecule has 0 saturated heterocycles. The number of hydrogen-bond acceptors (Lipinski definition) is 4. The highest BCUT2D eigenvalue weighted by molar-refractivity contribution is 5.56. The number of benzene rings is 7. The van der Waals surface area contributed by atoms with E-state index in [-0.39, 0.29) is 72.8 Å². The van der Waals surface area contributed by atoms with E-state index in [1.165, 1.54) is 0 Å². The summed E-state index contributed by atoms with van der Waals surface area (Å²) in [5.41, 5.74) is -19.6. The summed E-state index contributed by atoms with van der Waals surface area (Å²) in [6, 6.07) is 2.55. The maximum Gasteiger partial charge on any atom is 0.411 e. The van der Waals surface area contributed by atoms with Gasteiger partial charge in [0.2, 0.25) is 68.7 Å². The Morgan fingerprint density at radius 2 is 0.438 bits per heavy atom. The predicted octanol–water partition coefficient (Wildman–Crippen LogP) is 18.6. The summed E-state index contributed by atoms with van der Waals surface area (Å²) >= 11 is 0. The standard InChI is InChI=1S/C52H22F24O4/c1-3-29-31(53)35(57)38(60)43(33(29)55)77-25-13-5-21(6-14-25)47(49(65,66)67,50(68,69)70)23-9-17-27(18-10-23)79-45-40(62)37(59)41(63)46(42(45)64)80-28-19-11-24(12-20-28)48(51(71,72)73,52(74,75)76)22-7-15-26(16-8-22)78-44-34(56)30(4-2)32(54)36(58)39(44)61/h3-20H,1-2H2. The number of ether oxygens (including phenoxy) is 4. The Morgan fingerprint density at radius 3 is 0.625 bits per heavy atom. The molecule has 7 rings (SSSR count). The molecule has 7 aromatic rings. The second-order valence-corrected chi connectivity index (χ2v) is 16.3. The van der Waals surface area contributed by atoms with Gasteiger partial charge in [0.15, 0.2) is 34.9 Å². The smallest absolute Gasteiger partial charge is 0.411 e. The molecule has 0 aliphatic carbocycles. The summed E-state index contributed by atoms with van der Waals surface area (Å²) in [4.78, 5) is 0. The third-order valence-electron chi connectivity index (χ3n) is 11.8. The van der Waals surface area contributed by atoms with Gasteiger partial charge in [0.05, 0.1) is 11.1 Å². The summed E-state index contributed by atoms with van der Waals surface area (Å²) in [7, 11) is 0. The van der Waals surface area contributed by atoms with Crippen LogP contribution in [0.4, 0.5) is 105 Å². The number of alkyl halides is 12. The van der Waals surface area contributed by atoms with Gasteiger partial charge in [-0.25, -0.2) is 30.7 Å². The van der Waals surface area contributed by atoms with Crippen molar-refractivity contribution in [3.63, 3.8) is 0 Å². The fourth-order valence-corrected chi connectivity index (χ4v) is 8.09. The van der Waals surface area contributed by atoms with Crippen molar-refractivity contribution in [1.29, 1.82) is 0 Å². The molecule has 28 heteroatoms. The van der Waals surface area contributed by atoms with Crippen LogP contribution in [0.15, 0.2) is 110 Å². The first-order chi connectivity index (χ1) is 37.1. The van der Waals surface area contributed by atoms with E-state index in [9.17, 15) is 92.2 Å². The van der Waals surface area contributed by atoms with Crippen molar-refractivity contribution in [1.82, 2.24) is 0 Å². The van der Waals surface area contributed by atoms with Crippen LogP contribution in [0.25, 0.3) is 12.2 Å². The quantitative estimate of drug-likeness (QED) is 0.0618. The van der Waals surface area contributed by atoms with Crippen LogP contribution in [-0.2, 0) is 10.8 Å². The van der Waals surface area contributed by atoms with Gasteiger partial charge in [-0.2, -0.15) is 74.6 Å². The van der Waals surface area contributed by atoms with Gasteiger partial charge in [-0.1, -0.05) is 73.8 Å². The molecule has 7 aromatic carbocycles. The van der Waals surface area contributed by atoms with Crippen LogP contribution in [0.5, 0.6) is 46.0 Å². The SMILES string of the molecule is C=Cc1c(F)c(F)c(F)c(Oc2ccc(C(c3ccc(Oc4c(F)c(F)c(F)c(Oc5ccc(C(c6ccc(Oc7c(F)c(F)c(F)c(C=C)c7F)cc6)(C(F)(F)F)C(F)(F)F)cc5)c4F)cc3)(C(F)(F)F)C(F)(F)F)cc2)c1F. The molecular weight excluding hydrogens is 1140 g/mol. The highest BCUT2D eigenvalue weighted by atomic mass is 19.4. The van der Waals surface area contributed by atoms with Crippen molar-refractivity contribution in [3.8, 4) is 46.0 Å². The number of hydrogen-bond donors (Lipinski definition) is 0. The Bertz CT molecular complexity index is 3270. The predicted molar refractivity (Wildman–Crippen MR) is 231 cm³/mol. The molecule has 422 valence electrons. The second-order valence-electron chi connectivity index (χ2n) is 16.3. The Balaban J connectivity index is 1.20. The minimum atomic E-state index is -6.38. The summed E-state index contributed by atoms with van der Waals surface area (Å²) in [5.74, 6) is -39.0. The molecule has 0 heterocycles. The molecule has 0 N–H and O–H groups in total. The van der Waals surface area contributed by atoms with Crippen LogP contribution in [0.3, 0.4) is 0 Å². The van der Waals surface area contributed by atoms with Gasteiger partial charge < -0.3 is 18.9 Å². The summed E-state index contributed by atoms with van der Waals surface area (Å²) in [6.07, 6.45) is -24.7. The third kappa shape index (κ3) is 9.70. The van der Waals surface area contributed by atoms with Gasteiger partial charge in [0, 0.05) is 0 Å². The number of halogens is 24. The molecular formula is C52H22F24O4. The van der Waals surface area contributed by atoms with Gasteiger partial charge in [0.1, 0.15) is 23.0 Å². The van der Waals surface area contributed by atoms with Crippen LogP contribution in [-0.4, -0.2) is 24.7 Å². The van der Waals surface area contributed by atoms with E-state index >= 15 is 13.2 Å². The van der Waals surface area contributed by atoms with Crippen molar-refractivity contribution >= 4 is 12.2 Å². The summed E-state index contributed by atoms with van der Waals surface area (Å²) < 4.78 is 374. The van der Waals surface area contributed by atoms with Crippen molar-refractivity contribution < 1.29 is 124 Å². The van der Waals surface area contributed by atoms with E-state index in [1.54, 1.807) is 0 Å². The molecule has 4 nitrogen and oxygen atoms in total. The van der Waals surface area contributed by atoms with Crippen molar-refractivity contribution in [2.75, 3.05) is 0 Å². The first-order valence-corrected chi connectivity index (χ1v) is 21.3. The molecule has 0 fully saturated rings. The molecule has 0 atom stereocenters. The molecule has 0 aliphatic heterocycles. The highest BCUT2D eigenvalue weighted by Crippen LogP contribution is 2.58. The molecule has 0 amide bonds. The first-order valence-electron chi connectivity index (χ1n) is 21.3. The first kappa shape index (κ1) is 59.2. The molecule has 0 aliphatic rings.